The van der Waals surface area contributed by atoms with Crippen LogP contribution in [-0.4, -0.2) is 31.3 Å². The molecule has 0 saturated heterocycles. The second-order valence-electron chi connectivity index (χ2n) is 5.28. The van der Waals surface area contributed by atoms with Crippen LogP contribution in [0.3, 0.4) is 0 Å². The Hall–Kier alpha value is -3.33. The van der Waals surface area contributed by atoms with Crippen LogP contribution in [0.1, 0.15) is 10.4 Å². The van der Waals surface area contributed by atoms with Gasteiger partial charge in [0.1, 0.15) is 16.3 Å². The van der Waals surface area contributed by atoms with Gasteiger partial charge in [0, 0.05) is 18.8 Å². The molecule has 2 amide bonds. The third-order valence-electron chi connectivity index (χ3n) is 3.62. The van der Waals surface area contributed by atoms with Crippen molar-refractivity contribution in [3.8, 4) is 5.75 Å². The lowest BCUT2D eigenvalue weighted by Gasteiger charge is -2.15. The molecule has 134 valence electrons. The molecule has 0 aliphatic rings. The molecule has 0 saturated carbocycles. The molecule has 9 heteroatoms. The summed E-state index contributed by atoms with van der Waals surface area (Å²) >= 11 is 1.14. The number of aromatic carboxylic acids is 1. The maximum atomic E-state index is 12.4. The fourth-order valence-electron chi connectivity index (χ4n) is 2.20. The number of fused-ring (bicyclic) bond motifs is 1. The molecule has 8 nitrogen and oxygen atoms in total. The number of rotatable bonds is 4. The number of amides is 2. The first-order chi connectivity index (χ1) is 12.4. The number of nitrogens with zero attached hydrogens (tertiary/aromatic N) is 1. The number of urea groups is 1. The van der Waals surface area contributed by atoms with Crippen LogP contribution in [0.4, 0.5) is 15.5 Å². The van der Waals surface area contributed by atoms with E-state index in [9.17, 15) is 14.4 Å². The monoisotopic (exact) mass is 374 g/mol. The predicted octanol–water partition coefficient (Wildman–Crippen LogP) is 3.23. The zero-order valence-corrected chi connectivity index (χ0v) is 14.6. The third kappa shape index (κ3) is 3.38. The van der Waals surface area contributed by atoms with E-state index in [1.165, 1.54) is 17.0 Å². The molecule has 26 heavy (non-hydrogen) atoms. The summed E-state index contributed by atoms with van der Waals surface area (Å²) in [6.45, 7) is 0. The highest BCUT2D eigenvalue weighted by Gasteiger charge is 2.18. The van der Waals surface area contributed by atoms with Crippen LogP contribution in [0.5, 0.6) is 5.75 Å². The van der Waals surface area contributed by atoms with E-state index in [0.29, 0.717) is 21.1 Å². The topological polar surface area (TPSA) is 109 Å². The van der Waals surface area contributed by atoms with Gasteiger partial charge in [-0.3, -0.25) is 4.90 Å². The zero-order valence-electron chi connectivity index (χ0n) is 13.8. The molecular weight excluding hydrogens is 360 g/mol. The summed E-state index contributed by atoms with van der Waals surface area (Å²) in [6.07, 6.45) is 0. The standard InChI is InChI=1S/C17H14N2O6S/c1-19(17(23)18-9-3-5-10(24-2)6-4-9)14-8-12-13(26-14)7-11(15(20)21)16(22)25-12/h3-8H,1-2H3,(H,18,23)(H,20,21). The Kier molecular flexibility index (Phi) is 4.63. The minimum Gasteiger partial charge on any atom is -0.497 e. The lowest BCUT2D eigenvalue weighted by molar-refractivity contribution is 0.0692. The molecule has 0 unspecified atom stereocenters. The lowest BCUT2D eigenvalue weighted by Crippen LogP contribution is -2.30. The van der Waals surface area contributed by atoms with Gasteiger partial charge in [-0.05, 0) is 30.3 Å². The van der Waals surface area contributed by atoms with Gasteiger partial charge in [0.05, 0.1) is 11.8 Å². The van der Waals surface area contributed by atoms with E-state index >= 15 is 0 Å². The first-order valence-corrected chi connectivity index (χ1v) is 8.20. The van der Waals surface area contributed by atoms with Gasteiger partial charge in [-0.1, -0.05) is 0 Å². The van der Waals surface area contributed by atoms with Gasteiger partial charge >= 0.3 is 17.6 Å². The minimum atomic E-state index is -1.36. The fraction of sp³-hybridized carbons (Fsp3) is 0.118. The van der Waals surface area contributed by atoms with Crippen molar-refractivity contribution in [2.75, 3.05) is 24.4 Å². The number of nitrogens with one attached hydrogen (secondary N) is 1. The van der Waals surface area contributed by atoms with Crippen LogP contribution in [0.15, 0.2) is 45.6 Å². The molecule has 0 bridgehead atoms. The Morgan fingerprint density at radius 2 is 1.92 bits per heavy atom. The first kappa shape index (κ1) is 17.5. The summed E-state index contributed by atoms with van der Waals surface area (Å²) in [6, 6.07) is 9.20. The van der Waals surface area contributed by atoms with Crippen LogP contribution in [0, 0.1) is 0 Å². The van der Waals surface area contributed by atoms with Crippen molar-refractivity contribution in [1.82, 2.24) is 0 Å². The van der Waals surface area contributed by atoms with E-state index in [2.05, 4.69) is 5.32 Å². The summed E-state index contributed by atoms with van der Waals surface area (Å²) in [5.74, 6) is -0.689. The average molecular weight is 374 g/mol. The number of ether oxygens (including phenoxy) is 1. The highest BCUT2D eigenvalue weighted by atomic mass is 32.1. The van der Waals surface area contributed by atoms with Crippen molar-refractivity contribution in [3.63, 3.8) is 0 Å². The van der Waals surface area contributed by atoms with Gasteiger partial charge in [-0.15, -0.1) is 11.3 Å². The summed E-state index contributed by atoms with van der Waals surface area (Å²) in [5, 5.41) is 12.2. The number of hydrogen-bond donors (Lipinski definition) is 2. The van der Waals surface area contributed by atoms with Gasteiger partial charge in [-0.2, -0.15) is 0 Å². The summed E-state index contributed by atoms with van der Waals surface area (Å²) in [7, 11) is 3.11. The Labute approximate surface area is 151 Å². The van der Waals surface area contributed by atoms with Crippen molar-refractivity contribution in [1.29, 1.82) is 0 Å². The van der Waals surface area contributed by atoms with Crippen molar-refractivity contribution in [2.24, 2.45) is 0 Å². The Morgan fingerprint density at radius 1 is 1.23 bits per heavy atom. The van der Waals surface area contributed by atoms with Gasteiger partial charge in [-0.25, -0.2) is 14.4 Å². The van der Waals surface area contributed by atoms with Crippen molar-refractivity contribution in [2.45, 2.75) is 0 Å². The molecule has 0 atom stereocenters. The van der Waals surface area contributed by atoms with Crippen molar-refractivity contribution >= 4 is 44.3 Å². The summed E-state index contributed by atoms with van der Waals surface area (Å²) in [5.41, 5.74) is -0.566. The number of carbonyl (C=O) groups excluding carboxylic acids is 1. The summed E-state index contributed by atoms with van der Waals surface area (Å²) < 4.78 is 10.5. The molecule has 3 aromatic rings. The second kappa shape index (κ2) is 6.89. The highest BCUT2D eigenvalue weighted by Crippen LogP contribution is 2.32. The van der Waals surface area contributed by atoms with Crippen LogP contribution in [0.25, 0.3) is 10.3 Å². The molecule has 0 radical (unpaired) electrons. The third-order valence-corrected chi connectivity index (χ3v) is 4.76. The van der Waals surface area contributed by atoms with Crippen molar-refractivity contribution < 1.29 is 23.8 Å². The quantitative estimate of drug-likeness (QED) is 0.726. The number of hydrogen-bond acceptors (Lipinski definition) is 6. The number of methoxy groups -OCH3 is 1. The van der Waals surface area contributed by atoms with Gasteiger partial charge in [0.15, 0.2) is 5.58 Å². The van der Waals surface area contributed by atoms with Gasteiger partial charge < -0.3 is 19.6 Å². The Balaban J connectivity index is 1.84. The smallest absolute Gasteiger partial charge is 0.351 e. The maximum absolute atomic E-state index is 12.4. The predicted molar refractivity (Wildman–Crippen MR) is 97.7 cm³/mol. The van der Waals surface area contributed by atoms with Gasteiger partial charge in [0.25, 0.3) is 0 Å². The van der Waals surface area contributed by atoms with Crippen LogP contribution >= 0.6 is 11.3 Å². The molecular formula is C17H14N2O6S. The molecule has 0 aliphatic heterocycles. The van der Waals surface area contributed by atoms with Crippen molar-refractivity contribution in [3.05, 3.63) is 52.4 Å². The summed E-state index contributed by atoms with van der Waals surface area (Å²) in [4.78, 5) is 36.4. The Bertz CT molecular complexity index is 1040. The lowest BCUT2D eigenvalue weighted by atomic mass is 10.3. The fourth-order valence-corrected chi connectivity index (χ4v) is 3.19. The SMILES string of the molecule is COc1ccc(NC(=O)N(C)c2cc3oc(=O)c(C(=O)O)cc3s2)cc1. The number of benzene rings is 1. The van der Waals surface area contributed by atoms with Gasteiger partial charge in [0.2, 0.25) is 0 Å². The van der Waals surface area contributed by atoms with E-state index < -0.39 is 23.2 Å². The molecule has 2 heterocycles. The molecule has 1 aromatic carbocycles. The molecule has 2 N–H and O–H groups in total. The number of carboxylic acids is 1. The van der Waals surface area contributed by atoms with Crippen LogP contribution < -0.4 is 20.6 Å². The van der Waals surface area contributed by atoms with E-state index in [1.807, 2.05) is 0 Å². The molecule has 2 aromatic heterocycles. The molecule has 0 spiro atoms. The molecule has 0 fully saturated rings. The number of anilines is 2. The number of carbonyl (C=O) groups is 2. The van der Waals surface area contributed by atoms with Crippen LogP contribution in [0.2, 0.25) is 0 Å². The van der Waals surface area contributed by atoms with E-state index in [4.69, 9.17) is 14.3 Å². The zero-order chi connectivity index (χ0) is 18.8. The maximum Gasteiger partial charge on any atom is 0.351 e. The first-order valence-electron chi connectivity index (χ1n) is 7.39. The molecule has 0 aliphatic carbocycles. The number of thiophene rings is 1. The van der Waals surface area contributed by atoms with E-state index in [1.54, 1.807) is 38.4 Å². The highest BCUT2D eigenvalue weighted by molar-refractivity contribution is 7.22. The second-order valence-corrected chi connectivity index (χ2v) is 6.35. The van der Waals surface area contributed by atoms with Crippen LogP contribution in [-0.2, 0) is 0 Å². The average Bonchev–Trinajstić information content (AvgIpc) is 3.03. The Morgan fingerprint density at radius 3 is 2.54 bits per heavy atom. The van der Waals surface area contributed by atoms with E-state index in [-0.39, 0.29) is 5.58 Å². The minimum absolute atomic E-state index is 0.226. The largest absolute Gasteiger partial charge is 0.497 e. The van der Waals surface area contributed by atoms with E-state index in [0.717, 1.165) is 11.3 Å². The molecule has 3 rings (SSSR count). The normalized spacial score (nSPS) is 10.5. The number of carboxylic acid groups (broad SMARTS) is 1.